The molecule has 4 rings (SSSR count). The molecule has 0 aliphatic rings. The van der Waals surface area contributed by atoms with Crippen LogP contribution < -0.4 is 0 Å². The minimum absolute atomic E-state index is 0.507. The predicted molar refractivity (Wildman–Crippen MR) is 104 cm³/mol. The standard InChI is InChI=1S/C17H9Cl3N4S/c18-11-4-1-10(2-5-11)3-8-15-23-24-16(21-22-17(24)25-15)13-7-6-12(19)9-14(13)20/h1-9H. The fourth-order valence-electron chi connectivity index (χ4n) is 2.28. The smallest absolute Gasteiger partial charge is 0.182 e. The summed E-state index contributed by atoms with van der Waals surface area (Å²) in [5.74, 6) is 0.582. The van der Waals surface area contributed by atoms with E-state index in [1.165, 1.54) is 11.3 Å². The van der Waals surface area contributed by atoms with Gasteiger partial charge in [0.25, 0.3) is 0 Å². The average Bonchev–Trinajstić information content (AvgIpc) is 3.15. The van der Waals surface area contributed by atoms with E-state index in [1.807, 2.05) is 42.5 Å². The molecule has 2 aromatic carbocycles. The van der Waals surface area contributed by atoms with Crippen molar-refractivity contribution in [3.05, 3.63) is 68.1 Å². The van der Waals surface area contributed by atoms with Gasteiger partial charge in [-0.2, -0.15) is 9.61 Å². The maximum Gasteiger partial charge on any atom is 0.235 e. The summed E-state index contributed by atoms with van der Waals surface area (Å²) >= 11 is 19.6. The van der Waals surface area contributed by atoms with Crippen molar-refractivity contribution in [1.82, 2.24) is 19.8 Å². The number of hydrogen-bond acceptors (Lipinski definition) is 4. The Bertz CT molecular complexity index is 1080. The summed E-state index contributed by atoms with van der Waals surface area (Å²) in [7, 11) is 0. The summed E-state index contributed by atoms with van der Waals surface area (Å²) in [6, 6.07) is 12.8. The summed E-state index contributed by atoms with van der Waals surface area (Å²) < 4.78 is 1.68. The first-order valence-corrected chi connectivity index (χ1v) is 9.16. The van der Waals surface area contributed by atoms with Gasteiger partial charge in [-0.25, -0.2) is 0 Å². The number of aromatic nitrogens is 4. The fourth-order valence-corrected chi connectivity index (χ4v) is 3.64. The third-order valence-electron chi connectivity index (χ3n) is 3.47. The Labute approximate surface area is 162 Å². The Hall–Kier alpha value is -1.92. The van der Waals surface area contributed by atoms with E-state index in [0.29, 0.717) is 25.9 Å². The van der Waals surface area contributed by atoms with E-state index in [2.05, 4.69) is 15.3 Å². The van der Waals surface area contributed by atoms with Crippen LogP contribution in [0.5, 0.6) is 0 Å². The highest BCUT2D eigenvalue weighted by atomic mass is 35.5. The molecular formula is C17H9Cl3N4S. The van der Waals surface area contributed by atoms with Crippen LogP contribution in [0.4, 0.5) is 0 Å². The van der Waals surface area contributed by atoms with Gasteiger partial charge in [0.2, 0.25) is 4.96 Å². The minimum Gasteiger partial charge on any atom is -0.182 e. The van der Waals surface area contributed by atoms with Gasteiger partial charge in [-0.1, -0.05) is 64.3 Å². The van der Waals surface area contributed by atoms with Crippen LogP contribution in [0.15, 0.2) is 42.5 Å². The number of nitrogens with zero attached hydrogens (tertiary/aromatic N) is 4. The van der Waals surface area contributed by atoms with Gasteiger partial charge in [0, 0.05) is 15.6 Å². The van der Waals surface area contributed by atoms with Gasteiger partial charge in [-0.15, -0.1) is 10.2 Å². The monoisotopic (exact) mass is 406 g/mol. The van der Waals surface area contributed by atoms with Gasteiger partial charge < -0.3 is 0 Å². The molecule has 0 spiro atoms. The zero-order valence-corrected chi connectivity index (χ0v) is 15.6. The second-order valence-corrected chi connectivity index (χ2v) is 7.43. The van der Waals surface area contributed by atoms with Gasteiger partial charge in [0.1, 0.15) is 5.01 Å². The topological polar surface area (TPSA) is 43.1 Å². The van der Waals surface area contributed by atoms with Crippen molar-refractivity contribution >= 4 is 63.3 Å². The van der Waals surface area contributed by atoms with Crippen LogP contribution >= 0.6 is 46.1 Å². The molecule has 2 heterocycles. The molecule has 0 fully saturated rings. The van der Waals surface area contributed by atoms with Crippen molar-refractivity contribution in [2.45, 2.75) is 0 Å². The van der Waals surface area contributed by atoms with E-state index in [4.69, 9.17) is 34.8 Å². The van der Waals surface area contributed by atoms with Crippen LogP contribution in [0.3, 0.4) is 0 Å². The molecule has 8 heteroatoms. The highest BCUT2D eigenvalue weighted by Gasteiger charge is 2.15. The van der Waals surface area contributed by atoms with E-state index < -0.39 is 0 Å². The lowest BCUT2D eigenvalue weighted by Crippen LogP contribution is -1.91. The van der Waals surface area contributed by atoms with Crippen molar-refractivity contribution in [3.63, 3.8) is 0 Å². The Morgan fingerprint density at radius 3 is 2.40 bits per heavy atom. The number of fused-ring (bicyclic) bond motifs is 1. The molecule has 124 valence electrons. The maximum atomic E-state index is 6.27. The molecule has 25 heavy (non-hydrogen) atoms. The third kappa shape index (κ3) is 3.41. The van der Waals surface area contributed by atoms with Crippen LogP contribution in [0.1, 0.15) is 10.6 Å². The van der Waals surface area contributed by atoms with Gasteiger partial charge in [-0.3, -0.25) is 0 Å². The van der Waals surface area contributed by atoms with E-state index >= 15 is 0 Å². The molecule has 0 N–H and O–H groups in total. The van der Waals surface area contributed by atoms with E-state index in [0.717, 1.165) is 16.1 Å². The van der Waals surface area contributed by atoms with Crippen molar-refractivity contribution in [1.29, 1.82) is 0 Å². The fraction of sp³-hybridized carbons (Fsp3) is 0. The molecule has 0 saturated heterocycles. The zero-order chi connectivity index (χ0) is 17.4. The number of halogens is 3. The molecule has 0 aliphatic carbocycles. The number of benzene rings is 2. The second-order valence-electron chi connectivity index (χ2n) is 5.17. The van der Waals surface area contributed by atoms with Gasteiger partial charge in [0.05, 0.1) is 5.02 Å². The zero-order valence-electron chi connectivity index (χ0n) is 12.5. The highest BCUT2D eigenvalue weighted by Crippen LogP contribution is 2.30. The Morgan fingerprint density at radius 1 is 0.880 bits per heavy atom. The summed E-state index contributed by atoms with van der Waals surface area (Å²) in [5, 5.41) is 15.5. The molecule has 0 radical (unpaired) electrons. The lowest BCUT2D eigenvalue weighted by Gasteiger charge is -2.00. The van der Waals surface area contributed by atoms with E-state index in [9.17, 15) is 0 Å². The molecule has 0 unspecified atom stereocenters. The van der Waals surface area contributed by atoms with Crippen molar-refractivity contribution in [2.24, 2.45) is 0 Å². The SMILES string of the molecule is Clc1ccc(C=Cc2nn3c(-c4ccc(Cl)cc4Cl)nnc3s2)cc1. The molecule has 0 saturated carbocycles. The molecule has 2 aromatic heterocycles. The first-order valence-electron chi connectivity index (χ1n) is 7.21. The summed E-state index contributed by atoms with van der Waals surface area (Å²) in [6.45, 7) is 0. The quantitative estimate of drug-likeness (QED) is 0.419. The van der Waals surface area contributed by atoms with Crippen LogP contribution in [-0.2, 0) is 0 Å². The molecular weight excluding hydrogens is 399 g/mol. The average molecular weight is 408 g/mol. The maximum absolute atomic E-state index is 6.27. The first-order chi connectivity index (χ1) is 12.1. The molecule has 4 aromatic rings. The second kappa shape index (κ2) is 6.77. The van der Waals surface area contributed by atoms with Crippen molar-refractivity contribution < 1.29 is 0 Å². The van der Waals surface area contributed by atoms with Crippen LogP contribution in [0, 0.1) is 0 Å². The normalized spacial score (nSPS) is 11.6. The Morgan fingerprint density at radius 2 is 1.64 bits per heavy atom. The molecule has 4 nitrogen and oxygen atoms in total. The van der Waals surface area contributed by atoms with Gasteiger partial charge in [0.15, 0.2) is 5.82 Å². The highest BCUT2D eigenvalue weighted by molar-refractivity contribution is 7.17. The van der Waals surface area contributed by atoms with Gasteiger partial charge in [-0.05, 0) is 42.0 Å². The van der Waals surface area contributed by atoms with Crippen LogP contribution in [0.25, 0.3) is 28.5 Å². The molecule has 0 atom stereocenters. The number of rotatable bonds is 3. The van der Waals surface area contributed by atoms with Crippen molar-refractivity contribution in [3.8, 4) is 11.4 Å². The van der Waals surface area contributed by atoms with E-state index in [-0.39, 0.29) is 0 Å². The Balaban J connectivity index is 1.69. The molecule has 0 aliphatic heterocycles. The largest absolute Gasteiger partial charge is 0.235 e. The number of hydrogen-bond donors (Lipinski definition) is 0. The minimum atomic E-state index is 0.507. The summed E-state index contributed by atoms with van der Waals surface area (Å²) in [4.78, 5) is 0.691. The van der Waals surface area contributed by atoms with Crippen LogP contribution in [0.2, 0.25) is 15.1 Å². The Kier molecular flexibility index (Phi) is 4.48. The van der Waals surface area contributed by atoms with Crippen LogP contribution in [-0.4, -0.2) is 19.8 Å². The molecule has 0 bridgehead atoms. The molecule has 0 amide bonds. The predicted octanol–water partition coefficient (Wildman–Crippen LogP) is 5.98. The third-order valence-corrected chi connectivity index (χ3v) is 5.13. The van der Waals surface area contributed by atoms with Gasteiger partial charge >= 0.3 is 0 Å². The first kappa shape index (κ1) is 16.5. The van der Waals surface area contributed by atoms with Crippen molar-refractivity contribution in [2.75, 3.05) is 0 Å². The summed E-state index contributed by atoms with van der Waals surface area (Å²) in [6.07, 6.45) is 3.90. The lowest BCUT2D eigenvalue weighted by molar-refractivity contribution is 0.960. The lowest BCUT2D eigenvalue weighted by atomic mass is 10.2. The van der Waals surface area contributed by atoms with E-state index in [1.54, 1.807) is 16.6 Å². The summed E-state index contributed by atoms with van der Waals surface area (Å²) in [5.41, 5.74) is 1.77.